The summed E-state index contributed by atoms with van der Waals surface area (Å²) in [6.45, 7) is -0.228. The summed E-state index contributed by atoms with van der Waals surface area (Å²) in [6.07, 6.45) is 0.388. The molecule has 3 nitrogen and oxygen atoms in total. The van der Waals surface area contributed by atoms with E-state index < -0.39 is 12.5 Å². The van der Waals surface area contributed by atoms with Crippen LogP contribution in [-0.4, -0.2) is 38.0 Å². The van der Waals surface area contributed by atoms with Gasteiger partial charge in [0.15, 0.2) is 0 Å². The highest BCUT2D eigenvalue weighted by Crippen LogP contribution is 2.26. The normalized spacial score (nSPS) is 13.6. The molecule has 18 heavy (non-hydrogen) atoms. The summed E-state index contributed by atoms with van der Waals surface area (Å²) in [4.78, 5) is 0. The number of aliphatic hydroxyl groups is 1. The molecule has 102 valence electrons. The van der Waals surface area contributed by atoms with Crippen LogP contribution in [-0.2, 0) is 10.7 Å². The predicted molar refractivity (Wildman–Crippen MR) is 65.7 cm³/mol. The van der Waals surface area contributed by atoms with E-state index in [2.05, 4.69) is 5.32 Å². The van der Waals surface area contributed by atoms with Crippen LogP contribution in [0.1, 0.15) is 12.0 Å². The average Bonchev–Trinajstić information content (AvgIpc) is 2.38. The third-order valence-corrected chi connectivity index (χ3v) is 2.65. The summed E-state index contributed by atoms with van der Waals surface area (Å²) in [7, 11) is 1.50. The minimum atomic E-state index is -2.93. The van der Waals surface area contributed by atoms with E-state index in [1.807, 2.05) is 0 Å². The van der Waals surface area contributed by atoms with Crippen LogP contribution in [0.5, 0.6) is 0 Å². The number of hydrogen-bond donors (Lipinski definition) is 2. The van der Waals surface area contributed by atoms with Crippen LogP contribution in [0.4, 0.5) is 8.78 Å². The van der Waals surface area contributed by atoms with E-state index in [1.165, 1.54) is 19.2 Å². The van der Waals surface area contributed by atoms with Crippen molar-refractivity contribution in [1.82, 2.24) is 5.32 Å². The third kappa shape index (κ3) is 4.68. The molecule has 1 atom stereocenters. The lowest BCUT2D eigenvalue weighted by atomic mass is 10.1. The Morgan fingerprint density at radius 1 is 1.33 bits per heavy atom. The molecule has 0 aliphatic rings. The Hall–Kier alpha value is -1.04. The molecule has 0 aliphatic carbocycles. The first-order valence-corrected chi connectivity index (χ1v) is 5.86. The Morgan fingerprint density at radius 3 is 2.56 bits per heavy atom. The van der Waals surface area contributed by atoms with E-state index in [0.717, 1.165) is 0 Å². The second-order valence-electron chi connectivity index (χ2n) is 4.12. The molecule has 0 saturated carbocycles. The molecule has 2 N–H and O–H groups in total. The van der Waals surface area contributed by atoms with E-state index in [0.29, 0.717) is 13.0 Å². The highest BCUT2D eigenvalue weighted by Gasteiger charge is 2.31. The first kappa shape index (κ1) is 15.0. The number of methoxy groups -OCH3 is 1. The number of benzene rings is 1. The molecule has 0 aromatic heterocycles. The Balaban J connectivity index is 2.54. The molecule has 0 heterocycles. The summed E-state index contributed by atoms with van der Waals surface area (Å²) >= 11 is 0. The van der Waals surface area contributed by atoms with Gasteiger partial charge in [0.05, 0.1) is 13.2 Å². The number of aliphatic hydroxyl groups excluding tert-OH is 1. The van der Waals surface area contributed by atoms with Gasteiger partial charge in [-0.2, -0.15) is 8.78 Å². The first-order valence-electron chi connectivity index (χ1n) is 5.86. The van der Waals surface area contributed by atoms with E-state index >= 15 is 0 Å². The van der Waals surface area contributed by atoms with Gasteiger partial charge >= 0.3 is 0 Å². The van der Waals surface area contributed by atoms with E-state index in [-0.39, 0.29) is 18.2 Å². The van der Waals surface area contributed by atoms with Gasteiger partial charge in [0.2, 0.25) is 0 Å². The third-order valence-electron chi connectivity index (χ3n) is 2.65. The van der Waals surface area contributed by atoms with Gasteiger partial charge in [-0.05, 0) is 6.42 Å². The highest BCUT2D eigenvalue weighted by molar-refractivity contribution is 5.20. The van der Waals surface area contributed by atoms with Gasteiger partial charge in [0.1, 0.15) is 0 Å². The molecule has 0 aliphatic heterocycles. The number of rotatable bonds is 8. The van der Waals surface area contributed by atoms with Crippen molar-refractivity contribution in [1.29, 1.82) is 0 Å². The molecule has 0 fully saturated rings. The van der Waals surface area contributed by atoms with Crippen molar-refractivity contribution in [3.63, 3.8) is 0 Å². The summed E-state index contributed by atoms with van der Waals surface area (Å²) in [5.41, 5.74) is -0.0161. The van der Waals surface area contributed by atoms with Gasteiger partial charge < -0.3 is 15.2 Å². The predicted octanol–water partition coefficient (Wildman–Crippen LogP) is 1.77. The van der Waals surface area contributed by atoms with Gasteiger partial charge in [-0.1, -0.05) is 30.3 Å². The molecule has 5 heteroatoms. The molecule has 0 radical (unpaired) electrons. The number of nitrogens with one attached hydrogen (secondary N) is 1. The van der Waals surface area contributed by atoms with Crippen molar-refractivity contribution < 1.29 is 18.6 Å². The molecule has 1 aromatic rings. The molecule has 1 rings (SSSR count). The zero-order valence-electron chi connectivity index (χ0n) is 10.4. The van der Waals surface area contributed by atoms with Gasteiger partial charge in [0, 0.05) is 25.3 Å². The molecule has 1 unspecified atom stereocenters. The zero-order valence-corrected chi connectivity index (χ0v) is 10.4. The summed E-state index contributed by atoms with van der Waals surface area (Å²) in [5, 5.41) is 11.6. The molecule has 1 aromatic carbocycles. The molecule has 0 amide bonds. The van der Waals surface area contributed by atoms with Gasteiger partial charge in [-0.3, -0.25) is 0 Å². The minimum Gasteiger partial charge on any atom is -0.396 e. The fraction of sp³-hybridized carbons (Fsp3) is 0.538. The van der Waals surface area contributed by atoms with Gasteiger partial charge in [-0.15, -0.1) is 0 Å². The molecule has 0 bridgehead atoms. The minimum absolute atomic E-state index is 0.0161. The smallest absolute Gasteiger partial charge is 0.285 e. The van der Waals surface area contributed by atoms with E-state index in [9.17, 15) is 8.78 Å². The summed E-state index contributed by atoms with van der Waals surface area (Å²) in [5.74, 6) is -2.93. The molecule has 0 saturated heterocycles. The highest BCUT2D eigenvalue weighted by atomic mass is 19.3. The van der Waals surface area contributed by atoms with Crippen molar-refractivity contribution in [3.05, 3.63) is 35.9 Å². The van der Waals surface area contributed by atoms with E-state index in [1.54, 1.807) is 18.2 Å². The summed E-state index contributed by atoms with van der Waals surface area (Å²) < 4.78 is 32.6. The Morgan fingerprint density at radius 2 is 2.00 bits per heavy atom. The summed E-state index contributed by atoms with van der Waals surface area (Å²) in [6, 6.07) is 7.41. The molecular weight excluding hydrogens is 240 g/mol. The van der Waals surface area contributed by atoms with Crippen LogP contribution in [0.2, 0.25) is 0 Å². The fourth-order valence-corrected chi connectivity index (χ4v) is 1.66. The quantitative estimate of drug-likeness (QED) is 0.747. The maximum absolute atomic E-state index is 13.8. The lowest BCUT2D eigenvalue weighted by Gasteiger charge is -2.22. The second kappa shape index (κ2) is 7.41. The standard InChI is InChI=1S/C13H19F2NO2/c1-18-9-12(7-8-17)16-10-13(14,15)11-5-3-2-4-6-11/h2-6,12,16-17H,7-10H2,1H3. The Labute approximate surface area is 106 Å². The van der Waals surface area contributed by atoms with Crippen molar-refractivity contribution in [2.45, 2.75) is 18.4 Å². The maximum atomic E-state index is 13.8. The second-order valence-corrected chi connectivity index (χ2v) is 4.12. The SMILES string of the molecule is COCC(CCO)NCC(F)(F)c1ccccc1. The van der Waals surface area contributed by atoms with Crippen molar-refractivity contribution in [2.75, 3.05) is 26.9 Å². The zero-order chi connectivity index (χ0) is 13.4. The average molecular weight is 259 g/mol. The lowest BCUT2D eigenvalue weighted by Crippen LogP contribution is -2.40. The number of alkyl halides is 2. The molecular formula is C13H19F2NO2. The van der Waals surface area contributed by atoms with Gasteiger partial charge in [0.25, 0.3) is 5.92 Å². The van der Waals surface area contributed by atoms with Crippen LogP contribution >= 0.6 is 0 Å². The van der Waals surface area contributed by atoms with Crippen molar-refractivity contribution in [3.8, 4) is 0 Å². The monoisotopic (exact) mass is 259 g/mol. The molecule has 0 spiro atoms. The fourth-order valence-electron chi connectivity index (χ4n) is 1.66. The van der Waals surface area contributed by atoms with Crippen molar-refractivity contribution in [2.24, 2.45) is 0 Å². The van der Waals surface area contributed by atoms with Crippen LogP contribution in [0.25, 0.3) is 0 Å². The largest absolute Gasteiger partial charge is 0.396 e. The number of halogens is 2. The van der Waals surface area contributed by atoms with Crippen LogP contribution in [0.3, 0.4) is 0 Å². The topological polar surface area (TPSA) is 41.5 Å². The van der Waals surface area contributed by atoms with Crippen molar-refractivity contribution >= 4 is 0 Å². The van der Waals surface area contributed by atoms with Crippen LogP contribution in [0.15, 0.2) is 30.3 Å². The first-order chi connectivity index (χ1) is 8.60. The van der Waals surface area contributed by atoms with Gasteiger partial charge in [-0.25, -0.2) is 0 Å². The maximum Gasteiger partial charge on any atom is 0.285 e. The van der Waals surface area contributed by atoms with Crippen LogP contribution < -0.4 is 5.32 Å². The Kier molecular flexibility index (Phi) is 6.18. The lowest BCUT2D eigenvalue weighted by molar-refractivity contribution is -0.00927. The van der Waals surface area contributed by atoms with E-state index in [4.69, 9.17) is 9.84 Å². The van der Waals surface area contributed by atoms with Crippen LogP contribution in [0, 0.1) is 0 Å². The number of ether oxygens (including phenoxy) is 1. The Bertz CT molecular complexity index is 327. The number of hydrogen-bond acceptors (Lipinski definition) is 3.